The minimum absolute atomic E-state index is 0.0406. The number of thiophene rings is 1. The van der Waals surface area contributed by atoms with Crippen LogP contribution in [0.15, 0.2) is 34.3 Å². The van der Waals surface area contributed by atoms with Crippen LogP contribution in [-0.4, -0.2) is 17.1 Å². The molecule has 1 aromatic carbocycles. The van der Waals surface area contributed by atoms with Gasteiger partial charge in [0.25, 0.3) is 0 Å². The third-order valence-corrected chi connectivity index (χ3v) is 7.73. The number of hydrogen-bond donors (Lipinski definition) is 0. The number of fused-ring (bicyclic) bond motifs is 2. The van der Waals surface area contributed by atoms with E-state index < -0.39 is 5.97 Å². The largest absolute Gasteiger partial charge is 0.462 e. The maximum Gasteiger partial charge on any atom is 0.343 e. The Labute approximate surface area is 193 Å². The van der Waals surface area contributed by atoms with E-state index >= 15 is 0 Å². The highest BCUT2D eigenvalue weighted by atomic mass is 35.5. The third-order valence-electron chi connectivity index (χ3n) is 6.11. The normalized spacial score (nSPS) is 17.6. The van der Waals surface area contributed by atoms with Crippen molar-refractivity contribution in [1.82, 2.24) is 4.57 Å². The molecule has 0 spiro atoms. The Hall–Kier alpha value is -2.80. The number of azide groups is 1. The van der Waals surface area contributed by atoms with Gasteiger partial charge in [-0.1, -0.05) is 22.8 Å². The van der Waals surface area contributed by atoms with Crippen LogP contribution in [-0.2, 0) is 11.2 Å². The summed E-state index contributed by atoms with van der Waals surface area (Å²) >= 11 is 8.59. The van der Waals surface area contributed by atoms with Crippen LogP contribution >= 0.6 is 22.9 Å². The van der Waals surface area contributed by atoms with E-state index in [1.165, 1.54) is 4.88 Å². The van der Waals surface area contributed by atoms with E-state index in [0.717, 1.165) is 48.1 Å². The quantitative estimate of drug-likeness (QED) is 0.183. The number of benzene rings is 1. The molecule has 5 rings (SSSR count). The summed E-state index contributed by atoms with van der Waals surface area (Å²) in [6, 6.07) is 5.73. The molecule has 3 aromatic rings. The lowest BCUT2D eigenvalue weighted by Crippen LogP contribution is -2.21. The number of pyridine rings is 1. The second-order valence-electron chi connectivity index (χ2n) is 8.16. The van der Waals surface area contributed by atoms with Gasteiger partial charge in [-0.15, -0.1) is 11.3 Å². The molecule has 164 valence electrons. The molecule has 32 heavy (non-hydrogen) atoms. The number of ether oxygens (including phenoxy) is 1. The lowest BCUT2D eigenvalue weighted by molar-refractivity contribution is 0.0524. The van der Waals surface area contributed by atoms with Crippen LogP contribution in [0.1, 0.15) is 65.5 Å². The van der Waals surface area contributed by atoms with Gasteiger partial charge >= 0.3 is 5.97 Å². The van der Waals surface area contributed by atoms with Gasteiger partial charge in [0.1, 0.15) is 5.56 Å². The first kappa shape index (κ1) is 21.1. The molecule has 0 radical (unpaired) electrons. The molecule has 2 aliphatic carbocycles. The number of aromatic nitrogens is 1. The highest BCUT2D eigenvalue weighted by molar-refractivity contribution is 7.15. The first-order valence-corrected chi connectivity index (χ1v) is 11.9. The Bertz CT molecular complexity index is 1350. The molecule has 1 saturated carbocycles. The molecule has 0 amide bonds. The molecule has 0 bridgehead atoms. The summed E-state index contributed by atoms with van der Waals surface area (Å²) in [5, 5.41) is 4.89. The second-order valence-corrected chi connectivity index (χ2v) is 9.67. The van der Waals surface area contributed by atoms with Crippen molar-refractivity contribution in [2.75, 3.05) is 6.61 Å². The van der Waals surface area contributed by atoms with Crippen molar-refractivity contribution in [1.29, 1.82) is 0 Å². The van der Waals surface area contributed by atoms with Crippen molar-refractivity contribution in [2.45, 2.75) is 51.1 Å². The molecule has 1 fully saturated rings. The Morgan fingerprint density at radius 2 is 2.19 bits per heavy atom. The van der Waals surface area contributed by atoms with Crippen LogP contribution < -0.4 is 5.43 Å². The monoisotopic (exact) mass is 468 g/mol. The first-order chi connectivity index (χ1) is 15.5. The van der Waals surface area contributed by atoms with Crippen LogP contribution in [0.25, 0.3) is 31.8 Å². The standard InChI is InChI=1S/C23H21ClN4O3S/c1-2-31-23(30)16-11-28(12-6-7-12)21-14(22(16)29)9-8-13(20(21)24)19-10-15-17(26-27-25)4-3-5-18(15)32-19/h8-12,17H,2-7H2,1H3. The zero-order chi connectivity index (χ0) is 22.4. The average molecular weight is 469 g/mol. The maximum atomic E-state index is 13.1. The van der Waals surface area contributed by atoms with Gasteiger partial charge in [-0.3, -0.25) is 4.79 Å². The topological polar surface area (TPSA) is 97.1 Å². The highest BCUT2D eigenvalue weighted by Crippen LogP contribution is 2.46. The zero-order valence-corrected chi connectivity index (χ0v) is 19.1. The Morgan fingerprint density at radius 1 is 1.38 bits per heavy atom. The molecular formula is C23H21ClN4O3S. The Kier molecular flexibility index (Phi) is 5.45. The van der Waals surface area contributed by atoms with Gasteiger partial charge < -0.3 is 9.30 Å². The van der Waals surface area contributed by atoms with Crippen LogP contribution in [0, 0.1) is 0 Å². The summed E-state index contributed by atoms with van der Waals surface area (Å²) in [7, 11) is 0. The molecule has 1 unspecified atom stereocenters. The van der Waals surface area contributed by atoms with Gasteiger partial charge in [0.05, 0.1) is 23.2 Å². The van der Waals surface area contributed by atoms with Crippen molar-refractivity contribution in [3.63, 3.8) is 0 Å². The summed E-state index contributed by atoms with van der Waals surface area (Å²) in [6.07, 6.45) is 6.34. The predicted molar refractivity (Wildman–Crippen MR) is 126 cm³/mol. The van der Waals surface area contributed by atoms with Crippen molar-refractivity contribution >= 4 is 39.8 Å². The first-order valence-electron chi connectivity index (χ1n) is 10.7. The summed E-state index contributed by atoms with van der Waals surface area (Å²) < 4.78 is 7.06. The minimum Gasteiger partial charge on any atom is -0.462 e. The SMILES string of the molecule is CCOC(=O)c1cn(C2CC2)c2c(Cl)c(-c3cc4c(s3)CCCC4N=[N+]=[N-])ccc2c1=O. The van der Waals surface area contributed by atoms with E-state index in [9.17, 15) is 9.59 Å². The molecule has 2 aromatic heterocycles. The van der Waals surface area contributed by atoms with Crippen LogP contribution in [0.4, 0.5) is 0 Å². The van der Waals surface area contributed by atoms with Gasteiger partial charge in [-0.2, -0.15) is 0 Å². The fourth-order valence-corrected chi connectivity index (χ4v) is 6.15. The van der Waals surface area contributed by atoms with E-state index in [-0.39, 0.29) is 29.7 Å². The zero-order valence-electron chi connectivity index (χ0n) is 17.5. The number of carbonyl (C=O) groups is 1. The predicted octanol–water partition coefficient (Wildman–Crippen LogP) is 6.58. The van der Waals surface area contributed by atoms with Crippen molar-refractivity contribution in [3.8, 4) is 10.4 Å². The van der Waals surface area contributed by atoms with Gasteiger partial charge in [0.2, 0.25) is 5.43 Å². The number of aryl methyl sites for hydroxylation is 1. The molecule has 2 heterocycles. The number of esters is 1. The van der Waals surface area contributed by atoms with Crippen LogP contribution in [0.2, 0.25) is 5.02 Å². The molecule has 1 atom stereocenters. The summed E-state index contributed by atoms with van der Waals surface area (Å²) in [5.74, 6) is -0.607. The van der Waals surface area contributed by atoms with E-state index in [0.29, 0.717) is 15.9 Å². The molecule has 0 saturated heterocycles. The maximum absolute atomic E-state index is 13.1. The number of halogens is 1. The molecule has 9 heteroatoms. The number of nitrogens with zero attached hydrogens (tertiary/aromatic N) is 4. The van der Waals surface area contributed by atoms with E-state index in [4.69, 9.17) is 21.9 Å². The summed E-state index contributed by atoms with van der Waals surface area (Å²) in [4.78, 5) is 30.7. The minimum atomic E-state index is -0.607. The van der Waals surface area contributed by atoms with E-state index in [1.807, 2.05) is 10.6 Å². The molecule has 0 N–H and O–H groups in total. The van der Waals surface area contributed by atoms with Gasteiger partial charge in [0, 0.05) is 37.9 Å². The smallest absolute Gasteiger partial charge is 0.343 e. The van der Waals surface area contributed by atoms with Crippen molar-refractivity contribution < 1.29 is 9.53 Å². The van der Waals surface area contributed by atoms with Gasteiger partial charge in [-0.05, 0) is 62.3 Å². The number of rotatable bonds is 5. The average Bonchev–Trinajstić information content (AvgIpc) is 3.53. The second kappa shape index (κ2) is 8.28. The van der Waals surface area contributed by atoms with Gasteiger partial charge in [0.15, 0.2) is 0 Å². The van der Waals surface area contributed by atoms with Crippen molar-refractivity contribution in [2.24, 2.45) is 5.11 Å². The summed E-state index contributed by atoms with van der Waals surface area (Å²) in [6.45, 7) is 1.92. The van der Waals surface area contributed by atoms with Crippen molar-refractivity contribution in [3.05, 3.63) is 66.1 Å². The molecule has 0 aliphatic heterocycles. The van der Waals surface area contributed by atoms with E-state index in [1.54, 1.807) is 30.5 Å². The Morgan fingerprint density at radius 3 is 2.91 bits per heavy atom. The highest BCUT2D eigenvalue weighted by Gasteiger charge is 2.29. The van der Waals surface area contributed by atoms with Crippen LogP contribution in [0.5, 0.6) is 0 Å². The number of carbonyl (C=O) groups excluding carboxylic acids is 1. The van der Waals surface area contributed by atoms with Gasteiger partial charge in [-0.25, -0.2) is 4.79 Å². The lowest BCUT2D eigenvalue weighted by Gasteiger charge is -2.17. The molecule has 2 aliphatic rings. The van der Waals surface area contributed by atoms with E-state index in [2.05, 4.69) is 16.1 Å². The fraction of sp³-hybridized carbons (Fsp3) is 0.391. The molecular weight excluding hydrogens is 448 g/mol. The third kappa shape index (κ3) is 3.48. The Balaban J connectivity index is 1.69. The lowest BCUT2D eigenvalue weighted by atomic mass is 9.94. The van der Waals surface area contributed by atoms with Crippen LogP contribution in [0.3, 0.4) is 0 Å². The summed E-state index contributed by atoms with van der Waals surface area (Å²) in [5.41, 5.74) is 11.2. The fourth-order valence-electron chi connectivity index (χ4n) is 4.44. The molecule has 7 nitrogen and oxygen atoms in total. The number of hydrogen-bond acceptors (Lipinski definition) is 5.